The SMILES string of the molecule is O=C(Nc1nccs1)[C@@H](c1cccc(F)c1)n1cc2ccc(I)cc2n1. The van der Waals surface area contributed by atoms with E-state index in [0.717, 1.165) is 14.5 Å². The number of hydrogen-bond donors (Lipinski definition) is 1. The second-order valence-electron chi connectivity index (χ2n) is 5.60. The van der Waals surface area contributed by atoms with Crippen LogP contribution in [0.5, 0.6) is 0 Å². The molecule has 26 heavy (non-hydrogen) atoms. The van der Waals surface area contributed by atoms with Gasteiger partial charge in [-0.3, -0.25) is 14.8 Å². The number of halogens is 2. The van der Waals surface area contributed by atoms with E-state index in [2.05, 4.69) is 38.0 Å². The number of amides is 1. The lowest BCUT2D eigenvalue weighted by atomic mass is 10.1. The van der Waals surface area contributed by atoms with Crippen LogP contribution >= 0.6 is 33.9 Å². The molecule has 0 saturated heterocycles. The van der Waals surface area contributed by atoms with Crippen LogP contribution in [0.25, 0.3) is 10.9 Å². The molecule has 0 bridgehead atoms. The molecule has 2 heterocycles. The monoisotopic (exact) mass is 478 g/mol. The summed E-state index contributed by atoms with van der Waals surface area (Å²) in [5, 5.41) is 10.5. The number of benzene rings is 2. The van der Waals surface area contributed by atoms with E-state index in [-0.39, 0.29) is 5.91 Å². The minimum absolute atomic E-state index is 0.326. The van der Waals surface area contributed by atoms with Gasteiger partial charge < -0.3 is 0 Å². The molecule has 2 aromatic carbocycles. The Morgan fingerprint density at radius 2 is 2.15 bits per heavy atom. The molecule has 0 saturated carbocycles. The van der Waals surface area contributed by atoms with Crippen LogP contribution in [0, 0.1) is 9.39 Å². The zero-order valence-corrected chi connectivity index (χ0v) is 16.2. The predicted molar refractivity (Wildman–Crippen MR) is 108 cm³/mol. The molecule has 0 aliphatic heterocycles. The lowest BCUT2D eigenvalue weighted by Gasteiger charge is -2.17. The molecule has 0 radical (unpaired) electrons. The van der Waals surface area contributed by atoms with Gasteiger partial charge in [-0.2, -0.15) is 5.10 Å². The molecule has 0 fully saturated rings. The Morgan fingerprint density at radius 1 is 1.27 bits per heavy atom. The van der Waals surface area contributed by atoms with Gasteiger partial charge in [-0.15, -0.1) is 11.3 Å². The van der Waals surface area contributed by atoms with Crippen LogP contribution in [0.3, 0.4) is 0 Å². The van der Waals surface area contributed by atoms with Gasteiger partial charge >= 0.3 is 0 Å². The number of aromatic nitrogens is 3. The van der Waals surface area contributed by atoms with E-state index in [0.29, 0.717) is 10.7 Å². The highest BCUT2D eigenvalue weighted by molar-refractivity contribution is 14.1. The Morgan fingerprint density at radius 3 is 2.92 bits per heavy atom. The van der Waals surface area contributed by atoms with Crippen molar-refractivity contribution in [1.29, 1.82) is 0 Å². The fourth-order valence-corrected chi connectivity index (χ4v) is 3.71. The number of nitrogens with zero attached hydrogens (tertiary/aromatic N) is 3. The summed E-state index contributed by atoms with van der Waals surface area (Å²) in [6, 6.07) is 11.0. The van der Waals surface area contributed by atoms with Gasteiger partial charge in [0.05, 0.1) is 5.52 Å². The van der Waals surface area contributed by atoms with Gasteiger partial charge in [0.2, 0.25) is 0 Å². The lowest BCUT2D eigenvalue weighted by Crippen LogP contribution is -2.27. The first kappa shape index (κ1) is 17.1. The third-order valence-electron chi connectivity index (χ3n) is 3.83. The van der Waals surface area contributed by atoms with Crippen LogP contribution in [0.15, 0.2) is 60.2 Å². The van der Waals surface area contributed by atoms with Crippen molar-refractivity contribution in [3.05, 3.63) is 75.2 Å². The average molecular weight is 478 g/mol. The van der Waals surface area contributed by atoms with Gasteiger partial charge in [0.15, 0.2) is 11.2 Å². The van der Waals surface area contributed by atoms with Crippen molar-refractivity contribution >= 4 is 55.9 Å². The first-order valence-electron chi connectivity index (χ1n) is 7.70. The van der Waals surface area contributed by atoms with Crippen molar-refractivity contribution in [2.75, 3.05) is 5.32 Å². The smallest absolute Gasteiger partial charge is 0.255 e. The van der Waals surface area contributed by atoms with Crippen LogP contribution in [0.2, 0.25) is 0 Å². The molecule has 0 spiro atoms. The van der Waals surface area contributed by atoms with Crippen LogP contribution in [0.1, 0.15) is 11.6 Å². The molecule has 5 nitrogen and oxygen atoms in total. The Hall–Kier alpha value is -2.33. The lowest BCUT2D eigenvalue weighted by molar-refractivity contribution is -0.118. The summed E-state index contributed by atoms with van der Waals surface area (Å²) in [6.45, 7) is 0. The van der Waals surface area contributed by atoms with Crippen molar-refractivity contribution in [1.82, 2.24) is 14.8 Å². The summed E-state index contributed by atoms with van der Waals surface area (Å²) in [7, 11) is 0. The van der Waals surface area contributed by atoms with E-state index in [1.807, 2.05) is 18.2 Å². The number of thiazole rings is 1. The Balaban J connectivity index is 1.79. The molecule has 0 aliphatic rings. The van der Waals surface area contributed by atoms with Crippen molar-refractivity contribution in [3.8, 4) is 0 Å². The molecule has 1 amide bonds. The normalized spacial score (nSPS) is 12.2. The molecule has 1 atom stereocenters. The molecule has 0 unspecified atom stereocenters. The first-order chi connectivity index (χ1) is 12.6. The summed E-state index contributed by atoms with van der Waals surface area (Å²) in [5.41, 5.74) is 1.29. The third kappa shape index (κ3) is 3.47. The quantitative estimate of drug-likeness (QED) is 0.441. The second-order valence-corrected chi connectivity index (χ2v) is 7.74. The van der Waals surface area contributed by atoms with Crippen LogP contribution < -0.4 is 5.32 Å². The summed E-state index contributed by atoms with van der Waals surface area (Å²) in [5.74, 6) is -0.728. The van der Waals surface area contributed by atoms with Crippen molar-refractivity contribution < 1.29 is 9.18 Å². The highest BCUT2D eigenvalue weighted by Crippen LogP contribution is 2.25. The fraction of sp³-hybridized carbons (Fsp3) is 0.0556. The van der Waals surface area contributed by atoms with Gasteiger partial charge in [0.25, 0.3) is 5.91 Å². The minimum atomic E-state index is -0.806. The zero-order chi connectivity index (χ0) is 18.1. The van der Waals surface area contributed by atoms with E-state index in [9.17, 15) is 9.18 Å². The maximum absolute atomic E-state index is 13.8. The number of nitrogens with one attached hydrogen (secondary N) is 1. The molecule has 0 aliphatic carbocycles. The number of carbonyl (C=O) groups excluding carboxylic acids is 1. The standard InChI is InChI=1S/C18H12FIN4OS/c19-13-3-1-2-11(8-13)16(17(25)22-18-21-6-7-26-18)24-10-12-4-5-14(20)9-15(12)23-24/h1-10,16H,(H,21,22,25)/t16-/m1/s1. The molecule has 4 aromatic rings. The molecule has 4 rings (SSSR count). The van der Waals surface area contributed by atoms with Crippen molar-refractivity contribution in [2.45, 2.75) is 6.04 Å². The van der Waals surface area contributed by atoms with E-state index in [1.165, 1.54) is 23.5 Å². The van der Waals surface area contributed by atoms with Crippen LogP contribution in [-0.2, 0) is 4.79 Å². The summed E-state index contributed by atoms with van der Waals surface area (Å²) in [6.07, 6.45) is 3.41. The molecule has 8 heteroatoms. The summed E-state index contributed by atoms with van der Waals surface area (Å²) < 4.78 is 16.4. The van der Waals surface area contributed by atoms with Crippen molar-refractivity contribution in [2.24, 2.45) is 0 Å². The van der Waals surface area contributed by atoms with Gasteiger partial charge in [-0.1, -0.05) is 18.2 Å². The maximum Gasteiger partial charge on any atom is 0.255 e. The fourth-order valence-electron chi connectivity index (χ4n) is 2.70. The van der Waals surface area contributed by atoms with Gasteiger partial charge in [-0.05, 0) is 52.4 Å². The van der Waals surface area contributed by atoms with Crippen LogP contribution in [-0.4, -0.2) is 20.7 Å². The van der Waals surface area contributed by atoms with E-state index >= 15 is 0 Å². The number of anilines is 1. The Bertz CT molecular complexity index is 1080. The Kier molecular flexibility index (Phi) is 4.68. The van der Waals surface area contributed by atoms with Gasteiger partial charge in [0, 0.05) is 26.7 Å². The van der Waals surface area contributed by atoms with E-state index in [4.69, 9.17) is 0 Å². The number of fused-ring (bicyclic) bond motifs is 1. The molecule has 2 aromatic heterocycles. The molecular formula is C18H12FIN4OS. The maximum atomic E-state index is 13.8. The summed E-state index contributed by atoms with van der Waals surface area (Å²) >= 11 is 3.53. The number of carbonyl (C=O) groups is 1. The predicted octanol–water partition coefficient (Wildman–Crippen LogP) is 4.46. The minimum Gasteiger partial charge on any atom is -0.300 e. The first-order valence-corrected chi connectivity index (χ1v) is 9.66. The second kappa shape index (κ2) is 7.12. The molecular weight excluding hydrogens is 466 g/mol. The van der Waals surface area contributed by atoms with E-state index < -0.39 is 11.9 Å². The highest BCUT2D eigenvalue weighted by atomic mass is 127. The highest BCUT2D eigenvalue weighted by Gasteiger charge is 2.25. The average Bonchev–Trinajstić information content (AvgIpc) is 3.24. The van der Waals surface area contributed by atoms with Gasteiger partial charge in [-0.25, -0.2) is 9.37 Å². The van der Waals surface area contributed by atoms with Crippen LogP contribution in [0.4, 0.5) is 9.52 Å². The molecule has 1 N–H and O–H groups in total. The number of rotatable bonds is 4. The van der Waals surface area contributed by atoms with Gasteiger partial charge in [0.1, 0.15) is 5.82 Å². The molecule has 130 valence electrons. The Labute approximate surface area is 166 Å². The third-order valence-corrected chi connectivity index (χ3v) is 5.19. The van der Waals surface area contributed by atoms with E-state index in [1.54, 1.807) is 34.6 Å². The summed E-state index contributed by atoms with van der Waals surface area (Å²) in [4.78, 5) is 17.0. The number of hydrogen-bond acceptors (Lipinski definition) is 4. The zero-order valence-electron chi connectivity index (χ0n) is 13.3. The largest absolute Gasteiger partial charge is 0.300 e. The van der Waals surface area contributed by atoms with Crippen molar-refractivity contribution in [3.63, 3.8) is 0 Å². The topological polar surface area (TPSA) is 59.8 Å².